The maximum Gasteiger partial charge on any atom is 0.184 e. The number of hydrogen-bond donors (Lipinski definition) is 2. The van der Waals surface area contributed by atoms with Crippen LogP contribution >= 0.6 is 12.2 Å². The van der Waals surface area contributed by atoms with Crippen molar-refractivity contribution < 1.29 is 9.47 Å². The van der Waals surface area contributed by atoms with Gasteiger partial charge in [-0.3, -0.25) is 5.32 Å². The molecule has 0 saturated heterocycles. The molecule has 1 aromatic carbocycles. The van der Waals surface area contributed by atoms with Crippen LogP contribution in [0.4, 0.5) is 5.69 Å². The Morgan fingerprint density at radius 1 is 1.31 bits per heavy atom. The summed E-state index contributed by atoms with van der Waals surface area (Å²) >= 11 is 4.87. The largest absolute Gasteiger partial charge is 0.486 e. The van der Waals surface area contributed by atoms with E-state index in [1.54, 1.807) is 24.4 Å². The van der Waals surface area contributed by atoms with Crippen molar-refractivity contribution >= 4 is 23.0 Å². The summed E-state index contributed by atoms with van der Waals surface area (Å²) in [5.74, 6) is 1.40. The van der Waals surface area contributed by atoms with Crippen LogP contribution in [0.5, 0.6) is 11.5 Å². The molecule has 0 aliphatic carbocycles. The van der Waals surface area contributed by atoms with Gasteiger partial charge in [0.2, 0.25) is 0 Å². The van der Waals surface area contributed by atoms with Crippen molar-refractivity contribution in [1.82, 2.24) is 5.32 Å². The van der Waals surface area contributed by atoms with Crippen LogP contribution in [0.15, 0.2) is 18.2 Å². The Kier molecular flexibility index (Phi) is 3.08. The van der Waals surface area contributed by atoms with Crippen LogP contribution in [0.25, 0.3) is 0 Å². The lowest BCUT2D eigenvalue weighted by Crippen LogP contribution is -2.24. The van der Waals surface area contributed by atoms with E-state index in [-0.39, 0.29) is 5.11 Å². The van der Waals surface area contributed by atoms with Crippen molar-refractivity contribution in [1.29, 1.82) is 5.26 Å². The minimum atomic E-state index is 0.249. The van der Waals surface area contributed by atoms with E-state index in [2.05, 4.69) is 10.6 Å². The fourth-order valence-corrected chi connectivity index (χ4v) is 1.50. The molecule has 1 aromatic rings. The van der Waals surface area contributed by atoms with Gasteiger partial charge in [-0.2, -0.15) is 5.26 Å². The predicted octanol–water partition coefficient (Wildman–Crippen LogP) is 1.23. The summed E-state index contributed by atoms with van der Waals surface area (Å²) in [5, 5.41) is 13.8. The molecular weight excluding hydrogens is 226 g/mol. The lowest BCUT2D eigenvalue weighted by Gasteiger charge is -2.19. The highest BCUT2D eigenvalue weighted by molar-refractivity contribution is 7.80. The number of ether oxygens (including phenoxy) is 2. The molecule has 2 N–H and O–H groups in total. The molecule has 2 rings (SSSR count). The average molecular weight is 235 g/mol. The number of nitrogens with one attached hydrogen (secondary N) is 2. The number of fused-ring (bicyclic) bond motifs is 1. The summed E-state index contributed by atoms with van der Waals surface area (Å²) in [6.45, 7) is 1.10. The minimum absolute atomic E-state index is 0.249. The van der Waals surface area contributed by atoms with Gasteiger partial charge in [-0.05, 0) is 24.4 Å². The first kappa shape index (κ1) is 10.5. The molecular formula is C10H9N3O2S. The Balaban J connectivity index is 2.12. The van der Waals surface area contributed by atoms with Crippen molar-refractivity contribution in [3.05, 3.63) is 18.2 Å². The van der Waals surface area contributed by atoms with E-state index in [1.165, 1.54) is 0 Å². The van der Waals surface area contributed by atoms with Crippen LogP contribution in [-0.2, 0) is 0 Å². The fraction of sp³-hybridized carbons (Fsp3) is 0.200. The zero-order chi connectivity index (χ0) is 11.4. The highest BCUT2D eigenvalue weighted by Crippen LogP contribution is 2.32. The van der Waals surface area contributed by atoms with Crippen LogP contribution in [0, 0.1) is 11.5 Å². The number of benzene rings is 1. The van der Waals surface area contributed by atoms with Crippen LogP contribution in [-0.4, -0.2) is 18.3 Å². The lowest BCUT2D eigenvalue weighted by molar-refractivity contribution is 0.171. The molecule has 5 nitrogen and oxygen atoms in total. The highest BCUT2D eigenvalue weighted by Gasteiger charge is 2.11. The Hall–Kier alpha value is -2.00. The van der Waals surface area contributed by atoms with Gasteiger partial charge < -0.3 is 14.8 Å². The second-order valence-electron chi connectivity index (χ2n) is 3.05. The molecule has 0 saturated carbocycles. The van der Waals surface area contributed by atoms with Gasteiger partial charge in [0.1, 0.15) is 13.2 Å². The monoisotopic (exact) mass is 235 g/mol. The van der Waals surface area contributed by atoms with Gasteiger partial charge in [0.05, 0.1) is 0 Å². The number of nitriles is 1. The number of nitrogens with zero attached hydrogens (tertiary/aromatic N) is 1. The summed E-state index contributed by atoms with van der Waals surface area (Å²) < 4.78 is 10.8. The van der Waals surface area contributed by atoms with Crippen LogP contribution in [0.3, 0.4) is 0 Å². The maximum absolute atomic E-state index is 8.37. The van der Waals surface area contributed by atoms with Gasteiger partial charge in [-0.1, -0.05) is 0 Å². The molecule has 1 aliphatic rings. The summed E-state index contributed by atoms with van der Waals surface area (Å²) in [4.78, 5) is 0. The molecule has 16 heavy (non-hydrogen) atoms. The molecule has 0 unspecified atom stereocenters. The highest BCUT2D eigenvalue weighted by atomic mass is 32.1. The van der Waals surface area contributed by atoms with Gasteiger partial charge in [-0.15, -0.1) is 0 Å². The van der Waals surface area contributed by atoms with E-state index in [4.69, 9.17) is 27.0 Å². The molecule has 0 spiro atoms. The molecule has 6 heteroatoms. The normalized spacial score (nSPS) is 12.4. The summed E-state index contributed by atoms with van der Waals surface area (Å²) in [6.07, 6.45) is 1.74. The van der Waals surface area contributed by atoms with Gasteiger partial charge >= 0.3 is 0 Å². The standard InChI is InChI=1S/C10H9N3O2S/c11-6-12-10(16)13-7-1-2-8-9(5-7)15-4-3-14-8/h1-2,5H,3-4H2,(H2,12,13,16). The minimum Gasteiger partial charge on any atom is -0.486 e. The third-order valence-corrected chi connectivity index (χ3v) is 2.17. The quantitative estimate of drug-likeness (QED) is 0.433. The SMILES string of the molecule is N#CNC(=S)Nc1ccc2c(c1)OCCO2. The summed E-state index contributed by atoms with van der Waals surface area (Å²) in [6, 6.07) is 5.38. The Labute approximate surface area is 98.0 Å². The second-order valence-corrected chi connectivity index (χ2v) is 3.46. The molecule has 0 bridgehead atoms. The molecule has 0 radical (unpaired) electrons. The van der Waals surface area contributed by atoms with Crippen LogP contribution < -0.4 is 20.1 Å². The average Bonchev–Trinajstić information content (AvgIpc) is 2.29. The Morgan fingerprint density at radius 2 is 2.06 bits per heavy atom. The van der Waals surface area contributed by atoms with E-state index < -0.39 is 0 Å². The molecule has 0 atom stereocenters. The van der Waals surface area contributed by atoms with Gasteiger partial charge in [-0.25, -0.2) is 0 Å². The number of thiocarbonyl (C=S) groups is 1. The Morgan fingerprint density at radius 3 is 2.81 bits per heavy atom. The van der Waals surface area contributed by atoms with E-state index in [0.29, 0.717) is 19.0 Å². The first-order valence-electron chi connectivity index (χ1n) is 4.65. The van der Waals surface area contributed by atoms with Crippen LogP contribution in [0.1, 0.15) is 0 Å². The second kappa shape index (κ2) is 4.68. The smallest absolute Gasteiger partial charge is 0.184 e. The van der Waals surface area contributed by atoms with Crippen molar-refractivity contribution in [3.63, 3.8) is 0 Å². The number of anilines is 1. The number of rotatable bonds is 1. The third kappa shape index (κ3) is 2.32. The summed E-state index contributed by atoms with van der Waals surface area (Å²) in [5.41, 5.74) is 0.747. The molecule has 82 valence electrons. The molecule has 0 amide bonds. The lowest BCUT2D eigenvalue weighted by atomic mass is 10.2. The molecule has 1 aliphatic heterocycles. The fourth-order valence-electron chi connectivity index (χ4n) is 1.33. The molecule has 0 fully saturated rings. The van der Waals surface area contributed by atoms with Gasteiger partial charge in [0, 0.05) is 11.8 Å². The van der Waals surface area contributed by atoms with Crippen molar-refractivity contribution in [2.45, 2.75) is 0 Å². The van der Waals surface area contributed by atoms with E-state index in [9.17, 15) is 0 Å². The maximum atomic E-state index is 8.37. The van der Waals surface area contributed by atoms with Crippen molar-refractivity contribution in [2.75, 3.05) is 18.5 Å². The first-order valence-corrected chi connectivity index (χ1v) is 5.06. The Bertz CT molecular complexity index is 456. The third-order valence-electron chi connectivity index (χ3n) is 1.97. The van der Waals surface area contributed by atoms with Crippen molar-refractivity contribution in [2.24, 2.45) is 0 Å². The molecule has 1 heterocycles. The summed E-state index contributed by atoms with van der Waals surface area (Å²) in [7, 11) is 0. The zero-order valence-electron chi connectivity index (χ0n) is 8.32. The first-order chi connectivity index (χ1) is 7.79. The van der Waals surface area contributed by atoms with E-state index >= 15 is 0 Å². The van der Waals surface area contributed by atoms with E-state index in [0.717, 1.165) is 11.4 Å². The van der Waals surface area contributed by atoms with Gasteiger partial charge in [0.25, 0.3) is 0 Å². The van der Waals surface area contributed by atoms with Crippen molar-refractivity contribution in [3.8, 4) is 17.7 Å². The topological polar surface area (TPSA) is 66.3 Å². The number of hydrogen-bond acceptors (Lipinski definition) is 4. The van der Waals surface area contributed by atoms with E-state index in [1.807, 2.05) is 0 Å². The predicted molar refractivity (Wildman–Crippen MR) is 62.4 cm³/mol. The van der Waals surface area contributed by atoms with Gasteiger partial charge in [0.15, 0.2) is 22.8 Å². The molecule has 0 aromatic heterocycles. The zero-order valence-corrected chi connectivity index (χ0v) is 9.13. The van der Waals surface area contributed by atoms with Crippen LogP contribution in [0.2, 0.25) is 0 Å².